The molecule has 0 unspecified atom stereocenters. The maximum atomic E-state index is 8.93. The van der Waals surface area contributed by atoms with Crippen LogP contribution in [0.2, 0.25) is 0 Å². The van der Waals surface area contributed by atoms with E-state index in [4.69, 9.17) is 15.1 Å². The van der Waals surface area contributed by atoms with Crippen LogP contribution < -0.4 is 0 Å². The summed E-state index contributed by atoms with van der Waals surface area (Å²) in [6, 6.07) is 2.32. The van der Waals surface area contributed by atoms with Crippen molar-refractivity contribution in [1.29, 1.82) is 5.26 Å². The Morgan fingerprint density at radius 2 is 1.94 bits per heavy atom. The molecule has 0 radical (unpaired) electrons. The lowest BCUT2D eigenvalue weighted by atomic mass is 9.89. The van der Waals surface area contributed by atoms with Crippen molar-refractivity contribution in [2.45, 2.75) is 33.1 Å². The molecule has 4 heteroatoms. The summed E-state index contributed by atoms with van der Waals surface area (Å²) in [4.78, 5) is 2.20. The smallest absolute Gasteiger partial charge is 0.0683 e. The highest BCUT2D eigenvalue weighted by Crippen LogP contribution is 2.21. The molecular weight excluding hydrogens is 216 g/mol. The van der Waals surface area contributed by atoms with Crippen molar-refractivity contribution in [2.24, 2.45) is 5.41 Å². The third-order valence-electron chi connectivity index (χ3n) is 2.86. The van der Waals surface area contributed by atoms with Crippen molar-refractivity contribution in [3.8, 4) is 6.07 Å². The van der Waals surface area contributed by atoms with Crippen LogP contribution in [0.5, 0.6) is 0 Å². The average molecular weight is 242 g/mol. The molecule has 1 N–H and O–H groups in total. The molecule has 100 valence electrons. The maximum absolute atomic E-state index is 8.93. The van der Waals surface area contributed by atoms with Crippen LogP contribution in [0.1, 0.15) is 33.1 Å². The highest BCUT2D eigenvalue weighted by Gasteiger charge is 2.15. The van der Waals surface area contributed by atoms with Gasteiger partial charge in [0.2, 0.25) is 0 Å². The minimum atomic E-state index is -0.214. The van der Waals surface area contributed by atoms with Crippen LogP contribution in [-0.4, -0.2) is 50.0 Å². The van der Waals surface area contributed by atoms with Crippen molar-refractivity contribution < 1.29 is 9.84 Å². The van der Waals surface area contributed by atoms with Crippen LogP contribution in [0.25, 0.3) is 0 Å². The van der Waals surface area contributed by atoms with Gasteiger partial charge < -0.3 is 9.84 Å². The van der Waals surface area contributed by atoms with Crippen molar-refractivity contribution in [3.05, 3.63) is 0 Å². The van der Waals surface area contributed by atoms with E-state index in [9.17, 15) is 0 Å². The summed E-state index contributed by atoms with van der Waals surface area (Å²) >= 11 is 0. The van der Waals surface area contributed by atoms with Gasteiger partial charge in [0, 0.05) is 20.2 Å². The molecule has 4 nitrogen and oxygen atoms in total. The van der Waals surface area contributed by atoms with Crippen LogP contribution in [0.3, 0.4) is 0 Å². The average Bonchev–Trinajstić information content (AvgIpc) is 2.31. The number of rotatable bonds is 10. The summed E-state index contributed by atoms with van der Waals surface area (Å²) in [7, 11) is 1.69. The zero-order valence-electron chi connectivity index (χ0n) is 11.4. The summed E-state index contributed by atoms with van der Waals surface area (Å²) in [6.45, 7) is 7.36. The lowest BCUT2D eigenvalue weighted by molar-refractivity contribution is 0.129. The Balaban J connectivity index is 3.71. The van der Waals surface area contributed by atoms with Gasteiger partial charge in [0.15, 0.2) is 0 Å². The van der Waals surface area contributed by atoms with E-state index < -0.39 is 0 Å². The molecule has 0 aromatic heterocycles. The molecular formula is C13H26N2O2. The molecule has 0 aromatic rings. The second kappa shape index (κ2) is 9.41. The normalized spacial score (nSPS) is 11.8. The molecule has 0 aliphatic carbocycles. The minimum Gasteiger partial charge on any atom is -0.395 e. The topological polar surface area (TPSA) is 56.5 Å². The van der Waals surface area contributed by atoms with Gasteiger partial charge in [-0.05, 0) is 33.2 Å². The van der Waals surface area contributed by atoms with Crippen molar-refractivity contribution in [2.75, 3.05) is 40.0 Å². The van der Waals surface area contributed by atoms with Crippen LogP contribution in [-0.2, 0) is 4.74 Å². The molecule has 0 heterocycles. The van der Waals surface area contributed by atoms with Gasteiger partial charge in [-0.1, -0.05) is 6.42 Å². The van der Waals surface area contributed by atoms with Crippen molar-refractivity contribution in [1.82, 2.24) is 4.90 Å². The highest BCUT2D eigenvalue weighted by molar-refractivity contribution is 4.91. The van der Waals surface area contributed by atoms with E-state index in [0.29, 0.717) is 13.2 Å². The minimum absolute atomic E-state index is 0.188. The van der Waals surface area contributed by atoms with E-state index in [2.05, 4.69) is 11.0 Å². The van der Waals surface area contributed by atoms with E-state index in [-0.39, 0.29) is 12.0 Å². The third kappa shape index (κ3) is 9.11. The Kier molecular flexibility index (Phi) is 9.06. The fraction of sp³-hybridized carbons (Fsp3) is 0.923. The molecule has 0 aliphatic heterocycles. The van der Waals surface area contributed by atoms with Gasteiger partial charge in [-0.15, -0.1) is 0 Å². The summed E-state index contributed by atoms with van der Waals surface area (Å²) in [6.07, 6.45) is 3.05. The van der Waals surface area contributed by atoms with Crippen LogP contribution in [0, 0.1) is 16.7 Å². The molecule has 0 saturated carbocycles. The molecule has 0 aliphatic rings. The number of aliphatic hydroxyl groups is 1. The molecule has 0 fully saturated rings. The summed E-state index contributed by atoms with van der Waals surface area (Å²) in [5.41, 5.74) is -0.214. The lowest BCUT2D eigenvalue weighted by Crippen LogP contribution is -2.31. The van der Waals surface area contributed by atoms with Gasteiger partial charge in [-0.2, -0.15) is 5.26 Å². The summed E-state index contributed by atoms with van der Waals surface area (Å²) in [5.74, 6) is 0. The SMILES string of the molecule is COCCN(CCO)CCCCC(C)(C)C#N. The number of aliphatic hydroxyl groups excluding tert-OH is 1. The standard InChI is InChI=1S/C13H26N2O2/c1-13(2,12-14)6-4-5-7-15(8-10-16)9-11-17-3/h16H,4-11H2,1-3H3. The lowest BCUT2D eigenvalue weighted by Gasteiger charge is -2.21. The Labute approximate surface area is 105 Å². The molecule has 0 atom stereocenters. The van der Waals surface area contributed by atoms with E-state index in [1.165, 1.54) is 0 Å². The molecule has 0 saturated heterocycles. The maximum Gasteiger partial charge on any atom is 0.0683 e. The van der Waals surface area contributed by atoms with Crippen molar-refractivity contribution >= 4 is 0 Å². The number of ether oxygens (including phenoxy) is 1. The number of unbranched alkanes of at least 4 members (excludes halogenated alkanes) is 1. The Bertz CT molecular complexity index is 224. The largest absolute Gasteiger partial charge is 0.395 e. The first-order valence-corrected chi connectivity index (χ1v) is 6.29. The summed E-state index contributed by atoms with van der Waals surface area (Å²) in [5, 5.41) is 17.8. The predicted octanol–water partition coefficient (Wildman–Crippen LogP) is 1.65. The quantitative estimate of drug-likeness (QED) is 0.592. The van der Waals surface area contributed by atoms with Gasteiger partial charge in [-0.25, -0.2) is 0 Å². The number of nitriles is 1. The van der Waals surface area contributed by atoms with E-state index >= 15 is 0 Å². The van der Waals surface area contributed by atoms with Crippen LogP contribution in [0.4, 0.5) is 0 Å². The zero-order chi connectivity index (χ0) is 13.1. The highest BCUT2D eigenvalue weighted by atomic mass is 16.5. The predicted molar refractivity (Wildman–Crippen MR) is 68.6 cm³/mol. The van der Waals surface area contributed by atoms with Crippen LogP contribution >= 0.6 is 0 Å². The molecule has 0 rings (SSSR count). The van der Waals surface area contributed by atoms with Gasteiger partial charge in [-0.3, -0.25) is 4.90 Å². The first-order valence-electron chi connectivity index (χ1n) is 6.29. The Hall–Kier alpha value is -0.630. The van der Waals surface area contributed by atoms with Gasteiger partial charge in [0.05, 0.1) is 24.7 Å². The van der Waals surface area contributed by atoms with E-state index in [1.807, 2.05) is 13.8 Å². The van der Waals surface area contributed by atoms with Gasteiger partial charge in [0.25, 0.3) is 0 Å². The number of hydrogen-bond donors (Lipinski definition) is 1. The third-order valence-corrected chi connectivity index (χ3v) is 2.86. The van der Waals surface area contributed by atoms with Gasteiger partial charge in [0.1, 0.15) is 0 Å². The fourth-order valence-electron chi connectivity index (χ4n) is 1.66. The van der Waals surface area contributed by atoms with Gasteiger partial charge >= 0.3 is 0 Å². The Morgan fingerprint density at radius 3 is 2.47 bits per heavy atom. The number of nitrogens with zero attached hydrogens (tertiary/aromatic N) is 2. The number of hydrogen-bond acceptors (Lipinski definition) is 4. The molecule has 0 bridgehead atoms. The van der Waals surface area contributed by atoms with Crippen molar-refractivity contribution in [3.63, 3.8) is 0 Å². The molecule has 17 heavy (non-hydrogen) atoms. The van der Waals surface area contributed by atoms with E-state index in [0.717, 1.165) is 32.4 Å². The first-order chi connectivity index (χ1) is 8.05. The molecule has 0 spiro atoms. The zero-order valence-corrected chi connectivity index (χ0v) is 11.4. The fourth-order valence-corrected chi connectivity index (χ4v) is 1.66. The number of methoxy groups -OCH3 is 1. The first kappa shape index (κ1) is 16.4. The Morgan fingerprint density at radius 1 is 1.24 bits per heavy atom. The van der Waals surface area contributed by atoms with Crippen LogP contribution in [0.15, 0.2) is 0 Å². The monoisotopic (exact) mass is 242 g/mol. The molecule has 0 amide bonds. The summed E-state index contributed by atoms with van der Waals surface area (Å²) < 4.78 is 5.03. The second-order valence-corrected chi connectivity index (χ2v) is 5.01. The van der Waals surface area contributed by atoms with E-state index in [1.54, 1.807) is 7.11 Å². The second-order valence-electron chi connectivity index (χ2n) is 5.01. The molecule has 0 aromatic carbocycles.